The average Bonchev–Trinajstić information content (AvgIpc) is 2.81. The highest BCUT2D eigenvalue weighted by Gasteiger charge is 2.06. The fraction of sp³-hybridized carbons (Fsp3) is 0.500. The Bertz CT molecular complexity index is 500. The molecular formula is C12H18N4OS. The molecule has 3 N–H and O–H groups in total. The molecular weight excluding hydrogens is 248 g/mol. The predicted octanol–water partition coefficient (Wildman–Crippen LogP) is 2.50. The summed E-state index contributed by atoms with van der Waals surface area (Å²) in [5.74, 6) is 1.13. The molecule has 0 fully saturated rings. The molecule has 0 aliphatic carbocycles. The van der Waals surface area contributed by atoms with Crippen LogP contribution in [-0.4, -0.2) is 29.7 Å². The van der Waals surface area contributed by atoms with Crippen LogP contribution in [0.1, 0.15) is 19.8 Å². The van der Waals surface area contributed by atoms with Crippen LogP contribution in [0.4, 0.5) is 11.8 Å². The highest BCUT2D eigenvalue weighted by atomic mass is 32.1. The first kappa shape index (κ1) is 13.0. The Balaban J connectivity index is 1.89. The highest BCUT2D eigenvalue weighted by molar-refractivity contribution is 7.16. The maximum Gasteiger partial charge on any atom is 0.223 e. The molecule has 0 amide bonds. The molecule has 0 bridgehead atoms. The third kappa shape index (κ3) is 3.30. The number of nitrogens with zero attached hydrogens (tertiary/aromatic N) is 2. The summed E-state index contributed by atoms with van der Waals surface area (Å²) in [6.45, 7) is 4.53. The van der Waals surface area contributed by atoms with Gasteiger partial charge in [-0.3, -0.25) is 0 Å². The van der Waals surface area contributed by atoms with Crippen LogP contribution >= 0.6 is 11.3 Å². The summed E-state index contributed by atoms with van der Waals surface area (Å²) in [4.78, 5) is 9.34. The molecule has 0 saturated heterocycles. The zero-order valence-electron chi connectivity index (χ0n) is 10.5. The summed E-state index contributed by atoms with van der Waals surface area (Å²) in [7, 11) is 0. The molecule has 2 aromatic rings. The molecule has 0 saturated carbocycles. The molecule has 0 aliphatic heterocycles. The van der Waals surface area contributed by atoms with Crippen LogP contribution in [0, 0.1) is 0 Å². The number of rotatable bonds is 7. The fourth-order valence-corrected chi connectivity index (χ4v) is 2.41. The van der Waals surface area contributed by atoms with Crippen LogP contribution in [0.3, 0.4) is 0 Å². The maximum absolute atomic E-state index is 5.67. The second kappa shape index (κ2) is 6.51. The molecule has 0 aliphatic rings. The zero-order chi connectivity index (χ0) is 12.8. The van der Waals surface area contributed by atoms with Gasteiger partial charge in [-0.2, -0.15) is 4.98 Å². The van der Waals surface area contributed by atoms with Crippen LogP contribution in [-0.2, 0) is 4.74 Å². The molecule has 0 radical (unpaired) electrons. The van der Waals surface area contributed by atoms with E-state index in [4.69, 9.17) is 10.5 Å². The van der Waals surface area contributed by atoms with Crippen LogP contribution in [0.5, 0.6) is 0 Å². The molecule has 2 rings (SSSR count). The molecule has 98 valence electrons. The molecule has 5 nitrogen and oxygen atoms in total. The quantitative estimate of drug-likeness (QED) is 0.753. The van der Waals surface area contributed by atoms with E-state index in [9.17, 15) is 0 Å². The molecule has 18 heavy (non-hydrogen) atoms. The smallest absolute Gasteiger partial charge is 0.223 e. The molecule has 0 spiro atoms. The SMILES string of the molecule is CCCOCCCNc1nc(N)nc2sccc12. The van der Waals surface area contributed by atoms with E-state index in [1.54, 1.807) is 11.3 Å². The second-order valence-corrected chi connectivity index (χ2v) is 4.86. The number of ether oxygens (including phenoxy) is 1. The van der Waals surface area contributed by atoms with E-state index in [1.807, 2.05) is 11.4 Å². The third-order valence-electron chi connectivity index (χ3n) is 2.45. The van der Waals surface area contributed by atoms with Crippen molar-refractivity contribution >= 4 is 33.3 Å². The van der Waals surface area contributed by atoms with Gasteiger partial charge < -0.3 is 15.8 Å². The molecule has 0 unspecified atom stereocenters. The lowest BCUT2D eigenvalue weighted by Crippen LogP contribution is -2.08. The van der Waals surface area contributed by atoms with Crippen molar-refractivity contribution in [3.05, 3.63) is 11.4 Å². The number of nitrogen functional groups attached to an aromatic ring is 1. The van der Waals surface area contributed by atoms with Crippen molar-refractivity contribution in [3.63, 3.8) is 0 Å². The molecule has 2 aromatic heterocycles. The van der Waals surface area contributed by atoms with Gasteiger partial charge in [-0.05, 0) is 24.3 Å². The Kier molecular flexibility index (Phi) is 4.72. The lowest BCUT2D eigenvalue weighted by molar-refractivity contribution is 0.134. The largest absolute Gasteiger partial charge is 0.381 e. The number of nitrogens with two attached hydrogens (primary N) is 1. The van der Waals surface area contributed by atoms with Crippen molar-refractivity contribution in [1.82, 2.24) is 9.97 Å². The second-order valence-electron chi connectivity index (χ2n) is 3.96. The van der Waals surface area contributed by atoms with Crippen molar-refractivity contribution in [1.29, 1.82) is 0 Å². The summed E-state index contributed by atoms with van der Waals surface area (Å²) in [5.41, 5.74) is 5.67. The summed E-state index contributed by atoms with van der Waals surface area (Å²) in [6.07, 6.45) is 2.01. The van der Waals surface area contributed by atoms with E-state index in [0.717, 1.165) is 48.6 Å². The van der Waals surface area contributed by atoms with Crippen molar-refractivity contribution in [2.45, 2.75) is 19.8 Å². The molecule has 0 aromatic carbocycles. The van der Waals surface area contributed by atoms with Crippen LogP contribution in [0.25, 0.3) is 10.2 Å². The minimum absolute atomic E-state index is 0.315. The number of fused-ring (bicyclic) bond motifs is 1. The standard InChI is InChI=1S/C12H18N4OS/c1-2-6-17-7-3-5-14-10-9-4-8-18-11(9)16-12(13)15-10/h4,8H,2-3,5-7H2,1H3,(H3,13,14,15,16). The summed E-state index contributed by atoms with van der Waals surface area (Å²) >= 11 is 1.57. The third-order valence-corrected chi connectivity index (χ3v) is 3.26. The number of aromatic nitrogens is 2. The van der Waals surface area contributed by atoms with Gasteiger partial charge in [-0.25, -0.2) is 4.98 Å². The van der Waals surface area contributed by atoms with Crippen molar-refractivity contribution in [3.8, 4) is 0 Å². The van der Waals surface area contributed by atoms with Gasteiger partial charge in [0.2, 0.25) is 5.95 Å². The van der Waals surface area contributed by atoms with Crippen LogP contribution in [0.15, 0.2) is 11.4 Å². The van der Waals surface area contributed by atoms with E-state index in [2.05, 4.69) is 22.2 Å². The lowest BCUT2D eigenvalue weighted by Gasteiger charge is -2.07. The summed E-state index contributed by atoms with van der Waals surface area (Å²) in [5, 5.41) is 6.31. The summed E-state index contributed by atoms with van der Waals surface area (Å²) in [6, 6.07) is 2.01. The number of hydrogen-bond acceptors (Lipinski definition) is 6. The van der Waals surface area contributed by atoms with E-state index in [0.29, 0.717) is 5.95 Å². The maximum atomic E-state index is 5.67. The van der Waals surface area contributed by atoms with E-state index in [1.165, 1.54) is 0 Å². The number of hydrogen-bond donors (Lipinski definition) is 2. The molecule has 6 heteroatoms. The van der Waals surface area contributed by atoms with Gasteiger partial charge in [0.15, 0.2) is 0 Å². The van der Waals surface area contributed by atoms with Gasteiger partial charge in [-0.15, -0.1) is 11.3 Å². The predicted molar refractivity (Wildman–Crippen MR) is 76.0 cm³/mol. The average molecular weight is 266 g/mol. The number of thiophene rings is 1. The normalized spacial score (nSPS) is 10.9. The van der Waals surface area contributed by atoms with Gasteiger partial charge in [-0.1, -0.05) is 6.92 Å². The first-order valence-corrected chi connectivity index (χ1v) is 7.01. The topological polar surface area (TPSA) is 73.1 Å². The van der Waals surface area contributed by atoms with E-state index in [-0.39, 0.29) is 0 Å². The minimum Gasteiger partial charge on any atom is -0.381 e. The van der Waals surface area contributed by atoms with Crippen molar-refractivity contribution in [2.75, 3.05) is 30.8 Å². The Morgan fingerprint density at radius 2 is 2.28 bits per heavy atom. The molecule has 0 atom stereocenters. The number of nitrogens with one attached hydrogen (secondary N) is 1. The number of anilines is 2. The monoisotopic (exact) mass is 266 g/mol. The lowest BCUT2D eigenvalue weighted by atomic mass is 10.3. The Morgan fingerprint density at radius 3 is 3.11 bits per heavy atom. The van der Waals surface area contributed by atoms with Crippen LogP contribution in [0.2, 0.25) is 0 Å². The van der Waals surface area contributed by atoms with E-state index >= 15 is 0 Å². The van der Waals surface area contributed by atoms with Gasteiger partial charge in [0, 0.05) is 19.8 Å². The summed E-state index contributed by atoms with van der Waals surface area (Å²) < 4.78 is 5.42. The first-order valence-electron chi connectivity index (χ1n) is 6.13. The Labute approximate surface area is 110 Å². The molecule has 2 heterocycles. The van der Waals surface area contributed by atoms with Crippen molar-refractivity contribution < 1.29 is 4.74 Å². The van der Waals surface area contributed by atoms with Gasteiger partial charge in [0.05, 0.1) is 5.39 Å². The fourth-order valence-electron chi connectivity index (χ4n) is 1.63. The minimum atomic E-state index is 0.315. The van der Waals surface area contributed by atoms with Gasteiger partial charge in [0.1, 0.15) is 10.6 Å². The van der Waals surface area contributed by atoms with E-state index < -0.39 is 0 Å². The van der Waals surface area contributed by atoms with Crippen LogP contribution < -0.4 is 11.1 Å². The highest BCUT2D eigenvalue weighted by Crippen LogP contribution is 2.25. The first-order chi connectivity index (χ1) is 8.81. The van der Waals surface area contributed by atoms with Gasteiger partial charge >= 0.3 is 0 Å². The zero-order valence-corrected chi connectivity index (χ0v) is 11.3. The Hall–Kier alpha value is -1.40. The van der Waals surface area contributed by atoms with Crippen molar-refractivity contribution in [2.24, 2.45) is 0 Å². The van der Waals surface area contributed by atoms with Gasteiger partial charge in [0.25, 0.3) is 0 Å². The Morgan fingerprint density at radius 1 is 1.39 bits per heavy atom.